The molecule has 0 atom stereocenters. The van der Waals surface area contributed by atoms with Crippen LogP contribution >= 0.6 is 11.6 Å². The van der Waals surface area contributed by atoms with Crippen molar-refractivity contribution in [3.8, 4) is 0 Å². The first-order valence-corrected chi connectivity index (χ1v) is 7.36. The highest BCUT2D eigenvalue weighted by molar-refractivity contribution is 7.92. The van der Waals surface area contributed by atoms with Gasteiger partial charge in [-0.25, -0.2) is 12.8 Å². The summed E-state index contributed by atoms with van der Waals surface area (Å²) in [7, 11) is -3.97. The van der Waals surface area contributed by atoms with Gasteiger partial charge in [-0.3, -0.25) is 9.71 Å². The molecular weight excluding hydrogens is 305 g/mol. The van der Waals surface area contributed by atoms with Crippen LogP contribution in [0, 0.1) is 12.7 Å². The molecule has 0 aliphatic heterocycles. The number of benzene rings is 1. The molecule has 1 aromatic carbocycles. The van der Waals surface area contributed by atoms with Crippen LogP contribution in [0.5, 0.6) is 0 Å². The smallest absolute Gasteiger partial charge is 0.263 e. The Hall–Kier alpha value is -1.86. The molecule has 106 valence electrons. The maximum Gasteiger partial charge on any atom is 0.263 e. The molecule has 1 heterocycles. The van der Waals surface area contributed by atoms with Gasteiger partial charge in [0.05, 0.1) is 22.1 Å². The highest BCUT2D eigenvalue weighted by atomic mass is 35.5. The molecule has 1 aromatic heterocycles. The highest BCUT2D eigenvalue weighted by Crippen LogP contribution is 2.28. The third kappa shape index (κ3) is 2.83. The van der Waals surface area contributed by atoms with Gasteiger partial charge in [0.25, 0.3) is 10.0 Å². The van der Waals surface area contributed by atoms with Gasteiger partial charge in [-0.1, -0.05) is 11.6 Å². The van der Waals surface area contributed by atoms with Gasteiger partial charge >= 0.3 is 0 Å². The molecule has 0 saturated carbocycles. The van der Waals surface area contributed by atoms with Gasteiger partial charge in [0.15, 0.2) is 0 Å². The summed E-state index contributed by atoms with van der Waals surface area (Å²) in [5, 5.41) is -0.245. The van der Waals surface area contributed by atoms with Gasteiger partial charge in [0.2, 0.25) is 0 Å². The van der Waals surface area contributed by atoms with Crippen molar-refractivity contribution in [3.05, 3.63) is 47.0 Å². The lowest BCUT2D eigenvalue weighted by molar-refractivity contribution is 0.600. The summed E-state index contributed by atoms with van der Waals surface area (Å²) < 4.78 is 40.0. The van der Waals surface area contributed by atoms with Crippen LogP contribution in [-0.2, 0) is 10.0 Å². The number of anilines is 2. The standard InChI is InChI=1S/C12H11ClFN3O2S/c1-7-11(3-2-4-16-7)17-20(18,19)12-6-10(15)9(14)5-8(12)13/h2-6,17H,15H2,1H3. The van der Waals surface area contributed by atoms with E-state index >= 15 is 0 Å². The molecule has 5 nitrogen and oxygen atoms in total. The molecule has 0 unspecified atom stereocenters. The molecule has 0 aliphatic carbocycles. The van der Waals surface area contributed by atoms with Crippen molar-refractivity contribution in [1.82, 2.24) is 4.98 Å². The summed E-state index contributed by atoms with van der Waals surface area (Å²) in [6.45, 7) is 1.65. The number of pyridine rings is 1. The van der Waals surface area contributed by atoms with Crippen LogP contribution in [-0.4, -0.2) is 13.4 Å². The second kappa shape index (κ2) is 5.26. The first-order valence-electron chi connectivity index (χ1n) is 5.50. The fraction of sp³-hybridized carbons (Fsp3) is 0.0833. The molecule has 8 heteroatoms. The monoisotopic (exact) mass is 315 g/mol. The fourth-order valence-electron chi connectivity index (χ4n) is 1.54. The van der Waals surface area contributed by atoms with E-state index in [9.17, 15) is 12.8 Å². The number of hydrogen-bond donors (Lipinski definition) is 2. The maximum atomic E-state index is 13.2. The Morgan fingerprint density at radius 3 is 2.75 bits per heavy atom. The Kier molecular flexibility index (Phi) is 3.82. The Bertz CT molecular complexity index is 765. The SMILES string of the molecule is Cc1ncccc1NS(=O)(=O)c1cc(N)c(F)cc1Cl. The zero-order valence-corrected chi connectivity index (χ0v) is 12.0. The summed E-state index contributed by atoms with van der Waals surface area (Å²) in [5.41, 5.74) is 5.89. The molecule has 0 radical (unpaired) electrons. The van der Waals surface area contributed by atoms with Crippen molar-refractivity contribution in [2.45, 2.75) is 11.8 Å². The molecule has 2 aromatic rings. The first kappa shape index (κ1) is 14.5. The lowest BCUT2D eigenvalue weighted by Gasteiger charge is -2.11. The quantitative estimate of drug-likeness (QED) is 0.852. The van der Waals surface area contributed by atoms with Crippen molar-refractivity contribution in [1.29, 1.82) is 0 Å². The van der Waals surface area contributed by atoms with Gasteiger partial charge in [-0.2, -0.15) is 0 Å². The highest BCUT2D eigenvalue weighted by Gasteiger charge is 2.21. The van der Waals surface area contributed by atoms with Gasteiger partial charge in [-0.15, -0.1) is 0 Å². The summed E-state index contributed by atoms with van der Waals surface area (Å²) >= 11 is 5.76. The van der Waals surface area contributed by atoms with E-state index in [1.165, 1.54) is 6.20 Å². The molecule has 3 N–H and O–H groups in total. The van der Waals surface area contributed by atoms with Crippen LogP contribution in [0.2, 0.25) is 5.02 Å². The number of halogens is 2. The van der Waals surface area contributed by atoms with Crippen molar-refractivity contribution in [3.63, 3.8) is 0 Å². The van der Waals surface area contributed by atoms with E-state index in [0.29, 0.717) is 11.4 Å². The van der Waals surface area contributed by atoms with E-state index in [2.05, 4.69) is 9.71 Å². The van der Waals surface area contributed by atoms with E-state index in [4.69, 9.17) is 17.3 Å². The fourth-order valence-corrected chi connectivity index (χ4v) is 3.21. The Balaban J connectivity index is 2.47. The topological polar surface area (TPSA) is 85.1 Å². The predicted molar refractivity (Wildman–Crippen MR) is 75.6 cm³/mol. The summed E-state index contributed by atoms with van der Waals surface area (Å²) in [6, 6.07) is 4.99. The van der Waals surface area contributed by atoms with Crippen molar-refractivity contribution >= 4 is 33.0 Å². The second-order valence-electron chi connectivity index (χ2n) is 4.05. The Morgan fingerprint density at radius 1 is 1.40 bits per heavy atom. The number of sulfonamides is 1. The van der Waals surface area contributed by atoms with E-state index in [0.717, 1.165) is 12.1 Å². The number of aryl methyl sites for hydroxylation is 1. The zero-order chi connectivity index (χ0) is 14.9. The summed E-state index contributed by atoms with van der Waals surface area (Å²) in [5.74, 6) is -0.772. The van der Waals surface area contributed by atoms with Gasteiger partial charge in [0, 0.05) is 6.20 Å². The molecule has 0 fully saturated rings. The van der Waals surface area contributed by atoms with Crippen molar-refractivity contribution in [2.75, 3.05) is 10.5 Å². The van der Waals surface area contributed by atoms with Crippen LogP contribution in [0.3, 0.4) is 0 Å². The number of nitrogen functional groups attached to an aromatic ring is 1. The number of nitrogens with zero attached hydrogens (tertiary/aromatic N) is 1. The largest absolute Gasteiger partial charge is 0.396 e. The predicted octanol–water partition coefficient (Wildman–Crippen LogP) is 2.57. The number of nitrogens with two attached hydrogens (primary N) is 1. The minimum atomic E-state index is -3.97. The number of hydrogen-bond acceptors (Lipinski definition) is 4. The van der Waals surface area contributed by atoms with Crippen LogP contribution in [0.15, 0.2) is 35.4 Å². The van der Waals surface area contributed by atoms with Crippen molar-refractivity contribution in [2.24, 2.45) is 0 Å². The summed E-state index contributed by atoms with van der Waals surface area (Å²) in [6.07, 6.45) is 1.54. The van der Waals surface area contributed by atoms with Crippen molar-refractivity contribution < 1.29 is 12.8 Å². The van der Waals surface area contributed by atoms with Crippen LogP contribution in [0.4, 0.5) is 15.8 Å². The molecule has 0 saturated heterocycles. The number of rotatable bonds is 3. The molecule has 0 amide bonds. The minimum absolute atomic E-state index is 0.245. The Morgan fingerprint density at radius 2 is 2.10 bits per heavy atom. The second-order valence-corrected chi connectivity index (χ2v) is 6.10. The normalized spacial score (nSPS) is 11.3. The van der Waals surface area contributed by atoms with E-state index in [1.807, 2.05) is 0 Å². The molecule has 20 heavy (non-hydrogen) atoms. The number of nitrogens with one attached hydrogen (secondary N) is 1. The average Bonchev–Trinajstić information content (AvgIpc) is 2.36. The zero-order valence-electron chi connectivity index (χ0n) is 10.4. The maximum absolute atomic E-state index is 13.2. The molecular formula is C12H11ClFN3O2S. The molecule has 2 rings (SSSR count). The third-order valence-electron chi connectivity index (χ3n) is 2.59. The minimum Gasteiger partial charge on any atom is -0.396 e. The van der Waals surface area contributed by atoms with E-state index < -0.39 is 15.8 Å². The third-order valence-corrected chi connectivity index (χ3v) is 4.42. The van der Waals surface area contributed by atoms with E-state index in [-0.39, 0.29) is 15.6 Å². The van der Waals surface area contributed by atoms with Gasteiger partial charge in [0.1, 0.15) is 10.7 Å². The first-order chi connectivity index (χ1) is 9.31. The van der Waals surface area contributed by atoms with Crippen LogP contribution in [0.25, 0.3) is 0 Å². The van der Waals surface area contributed by atoms with Crippen LogP contribution in [0.1, 0.15) is 5.69 Å². The van der Waals surface area contributed by atoms with Crippen LogP contribution < -0.4 is 10.5 Å². The van der Waals surface area contributed by atoms with E-state index in [1.54, 1.807) is 19.1 Å². The summed E-state index contributed by atoms with van der Waals surface area (Å²) in [4.78, 5) is 3.68. The average molecular weight is 316 g/mol. The Labute approximate surface area is 120 Å². The number of aromatic nitrogens is 1. The van der Waals surface area contributed by atoms with Gasteiger partial charge in [-0.05, 0) is 31.2 Å². The molecule has 0 bridgehead atoms. The molecule has 0 spiro atoms. The lowest BCUT2D eigenvalue weighted by Crippen LogP contribution is -2.15. The molecule has 0 aliphatic rings. The lowest BCUT2D eigenvalue weighted by atomic mass is 10.3. The van der Waals surface area contributed by atoms with Gasteiger partial charge < -0.3 is 5.73 Å².